The third kappa shape index (κ3) is 2.42. The van der Waals surface area contributed by atoms with Crippen LogP contribution in [0.3, 0.4) is 0 Å². The maximum atomic E-state index is 9.65. The van der Waals surface area contributed by atoms with Crippen molar-refractivity contribution in [3.8, 4) is 0 Å². The highest BCUT2D eigenvalue weighted by atomic mass is 16.5. The molecule has 2 aliphatic heterocycles. The smallest absolute Gasteiger partial charge is 0.0651 e. The van der Waals surface area contributed by atoms with Gasteiger partial charge >= 0.3 is 0 Å². The minimum absolute atomic E-state index is 0.142. The third-order valence-corrected chi connectivity index (χ3v) is 4.65. The summed E-state index contributed by atoms with van der Waals surface area (Å²) < 4.78 is 5.32. The van der Waals surface area contributed by atoms with Crippen LogP contribution in [0, 0.1) is 0 Å². The average molecular weight is 261 g/mol. The van der Waals surface area contributed by atoms with Gasteiger partial charge in [0.15, 0.2) is 0 Å². The Hall–Kier alpha value is -0.900. The van der Waals surface area contributed by atoms with E-state index in [2.05, 4.69) is 36.2 Å². The summed E-state index contributed by atoms with van der Waals surface area (Å²) in [6.07, 6.45) is 2.55. The molecule has 0 aliphatic carbocycles. The minimum Gasteiger partial charge on any atom is -0.395 e. The van der Waals surface area contributed by atoms with Crippen LogP contribution >= 0.6 is 0 Å². The fourth-order valence-electron chi connectivity index (χ4n) is 3.26. The largest absolute Gasteiger partial charge is 0.395 e. The van der Waals surface area contributed by atoms with Gasteiger partial charge in [-0.15, -0.1) is 0 Å². The normalized spacial score (nSPS) is 26.9. The SMILES string of the molecule is CN1CCCC(c2cccc(C3(CO)COC3)c2)C1. The molecule has 1 aromatic carbocycles. The number of aliphatic hydroxyl groups is 1. The molecule has 3 rings (SSSR count). The van der Waals surface area contributed by atoms with E-state index >= 15 is 0 Å². The Balaban J connectivity index is 1.83. The number of piperidine rings is 1. The quantitative estimate of drug-likeness (QED) is 0.900. The fraction of sp³-hybridized carbons (Fsp3) is 0.625. The van der Waals surface area contributed by atoms with E-state index in [0.717, 1.165) is 6.54 Å². The average Bonchev–Trinajstić information content (AvgIpc) is 2.39. The summed E-state index contributed by atoms with van der Waals surface area (Å²) in [6, 6.07) is 8.80. The van der Waals surface area contributed by atoms with Crippen molar-refractivity contribution in [1.82, 2.24) is 4.90 Å². The van der Waals surface area contributed by atoms with Crippen LogP contribution in [0.1, 0.15) is 29.9 Å². The molecule has 1 N–H and O–H groups in total. The number of ether oxygens (including phenoxy) is 1. The lowest BCUT2D eigenvalue weighted by atomic mass is 9.77. The van der Waals surface area contributed by atoms with Crippen molar-refractivity contribution in [3.05, 3.63) is 35.4 Å². The van der Waals surface area contributed by atoms with Crippen LogP contribution in [0.5, 0.6) is 0 Å². The van der Waals surface area contributed by atoms with Crippen LogP contribution < -0.4 is 0 Å². The zero-order valence-corrected chi connectivity index (χ0v) is 11.6. The van der Waals surface area contributed by atoms with E-state index in [1.54, 1.807) is 0 Å². The lowest BCUT2D eigenvalue weighted by molar-refractivity contribution is -0.0842. The lowest BCUT2D eigenvalue weighted by Gasteiger charge is -2.41. The number of nitrogens with zero attached hydrogens (tertiary/aromatic N) is 1. The summed E-state index contributed by atoms with van der Waals surface area (Å²) in [6.45, 7) is 3.84. The Labute approximate surface area is 115 Å². The molecule has 1 unspecified atom stereocenters. The number of rotatable bonds is 3. The summed E-state index contributed by atoms with van der Waals surface area (Å²) >= 11 is 0. The van der Waals surface area contributed by atoms with Gasteiger partial charge in [-0.3, -0.25) is 0 Å². The Bertz CT molecular complexity index is 437. The highest BCUT2D eigenvalue weighted by molar-refractivity contribution is 5.34. The minimum atomic E-state index is -0.142. The molecular weight excluding hydrogens is 238 g/mol. The van der Waals surface area contributed by atoms with Crippen molar-refractivity contribution in [1.29, 1.82) is 0 Å². The van der Waals surface area contributed by atoms with E-state index in [0.29, 0.717) is 19.1 Å². The molecule has 1 atom stereocenters. The molecular formula is C16H23NO2. The van der Waals surface area contributed by atoms with Crippen molar-refractivity contribution in [2.75, 3.05) is 40.0 Å². The molecule has 2 saturated heterocycles. The topological polar surface area (TPSA) is 32.7 Å². The Morgan fingerprint density at radius 1 is 1.42 bits per heavy atom. The highest BCUT2D eigenvalue weighted by Gasteiger charge is 2.40. The molecule has 0 spiro atoms. The maximum absolute atomic E-state index is 9.65. The van der Waals surface area contributed by atoms with Crippen LogP contribution in [0.2, 0.25) is 0 Å². The zero-order valence-electron chi connectivity index (χ0n) is 11.6. The second-order valence-corrected chi connectivity index (χ2v) is 6.16. The van der Waals surface area contributed by atoms with Gasteiger partial charge < -0.3 is 14.7 Å². The summed E-state index contributed by atoms with van der Waals surface area (Å²) in [4.78, 5) is 2.41. The molecule has 0 saturated carbocycles. The van der Waals surface area contributed by atoms with E-state index in [1.807, 2.05) is 0 Å². The number of hydrogen-bond acceptors (Lipinski definition) is 3. The van der Waals surface area contributed by atoms with E-state index in [4.69, 9.17) is 4.74 Å². The predicted molar refractivity (Wildman–Crippen MR) is 75.5 cm³/mol. The molecule has 0 aromatic heterocycles. The van der Waals surface area contributed by atoms with E-state index in [1.165, 1.54) is 30.5 Å². The van der Waals surface area contributed by atoms with Crippen LogP contribution in [0.15, 0.2) is 24.3 Å². The third-order valence-electron chi connectivity index (χ3n) is 4.65. The molecule has 3 heteroatoms. The van der Waals surface area contributed by atoms with Gasteiger partial charge in [-0.1, -0.05) is 24.3 Å². The zero-order chi connectivity index (χ0) is 13.3. The first-order valence-electron chi connectivity index (χ1n) is 7.21. The molecule has 0 bridgehead atoms. The second-order valence-electron chi connectivity index (χ2n) is 6.16. The Kier molecular flexibility index (Phi) is 3.61. The number of hydrogen-bond donors (Lipinski definition) is 1. The molecule has 2 aliphatic rings. The van der Waals surface area contributed by atoms with Gasteiger partial charge in [0.2, 0.25) is 0 Å². The van der Waals surface area contributed by atoms with E-state index in [9.17, 15) is 5.11 Å². The summed E-state index contributed by atoms with van der Waals surface area (Å²) in [5.74, 6) is 0.635. The highest BCUT2D eigenvalue weighted by Crippen LogP contribution is 2.34. The van der Waals surface area contributed by atoms with E-state index < -0.39 is 0 Å². The number of aliphatic hydroxyl groups excluding tert-OH is 1. The van der Waals surface area contributed by atoms with Gasteiger partial charge in [0.05, 0.1) is 25.2 Å². The van der Waals surface area contributed by atoms with Crippen LogP contribution in [0.25, 0.3) is 0 Å². The van der Waals surface area contributed by atoms with Crippen molar-refractivity contribution < 1.29 is 9.84 Å². The standard InChI is InChI=1S/C16H23NO2/c1-17-7-3-5-14(9-17)13-4-2-6-15(8-13)16(10-18)11-19-12-16/h2,4,6,8,14,18H,3,5,7,9-12H2,1H3. The molecule has 1 aromatic rings. The summed E-state index contributed by atoms with van der Waals surface area (Å²) in [5, 5.41) is 9.65. The monoisotopic (exact) mass is 261 g/mol. The van der Waals surface area contributed by atoms with Gasteiger partial charge in [0.1, 0.15) is 0 Å². The first kappa shape index (κ1) is 13.1. The Morgan fingerprint density at radius 2 is 2.26 bits per heavy atom. The van der Waals surface area contributed by atoms with Gasteiger partial charge in [-0.2, -0.15) is 0 Å². The molecule has 3 nitrogen and oxygen atoms in total. The van der Waals surface area contributed by atoms with Crippen molar-refractivity contribution in [2.24, 2.45) is 0 Å². The van der Waals surface area contributed by atoms with Gasteiger partial charge in [-0.05, 0) is 43.5 Å². The van der Waals surface area contributed by atoms with Crippen molar-refractivity contribution in [3.63, 3.8) is 0 Å². The van der Waals surface area contributed by atoms with Crippen molar-refractivity contribution in [2.45, 2.75) is 24.2 Å². The van der Waals surface area contributed by atoms with Crippen LogP contribution in [-0.4, -0.2) is 50.0 Å². The molecule has 0 radical (unpaired) electrons. The number of likely N-dealkylation sites (tertiary alicyclic amines) is 1. The van der Waals surface area contributed by atoms with Crippen molar-refractivity contribution >= 4 is 0 Å². The fourth-order valence-corrected chi connectivity index (χ4v) is 3.26. The predicted octanol–water partition coefficient (Wildman–Crippen LogP) is 1.76. The summed E-state index contributed by atoms with van der Waals surface area (Å²) in [7, 11) is 2.20. The second kappa shape index (κ2) is 5.23. The maximum Gasteiger partial charge on any atom is 0.0651 e. The first-order chi connectivity index (χ1) is 9.23. The van der Waals surface area contributed by atoms with Gasteiger partial charge in [0.25, 0.3) is 0 Å². The number of likely N-dealkylation sites (N-methyl/N-ethyl adjacent to an activating group) is 1. The number of benzene rings is 1. The summed E-state index contributed by atoms with van der Waals surface area (Å²) in [5.41, 5.74) is 2.52. The molecule has 104 valence electrons. The Morgan fingerprint density at radius 3 is 2.89 bits per heavy atom. The van der Waals surface area contributed by atoms with Crippen LogP contribution in [0.4, 0.5) is 0 Å². The van der Waals surface area contributed by atoms with Crippen LogP contribution in [-0.2, 0) is 10.2 Å². The van der Waals surface area contributed by atoms with Gasteiger partial charge in [-0.25, -0.2) is 0 Å². The van der Waals surface area contributed by atoms with E-state index in [-0.39, 0.29) is 12.0 Å². The first-order valence-corrected chi connectivity index (χ1v) is 7.21. The van der Waals surface area contributed by atoms with Gasteiger partial charge in [0, 0.05) is 6.54 Å². The molecule has 2 heterocycles. The molecule has 0 amide bonds. The molecule has 19 heavy (non-hydrogen) atoms. The molecule has 2 fully saturated rings. The lowest BCUT2D eigenvalue weighted by Crippen LogP contribution is -2.49.